The van der Waals surface area contributed by atoms with Crippen molar-refractivity contribution in [3.8, 4) is 5.75 Å². The largest absolute Gasteiger partial charge is 0.490 e. The van der Waals surface area contributed by atoms with E-state index in [1.165, 1.54) is 7.05 Å². The van der Waals surface area contributed by atoms with Crippen molar-refractivity contribution in [1.82, 2.24) is 4.90 Å². The highest BCUT2D eigenvalue weighted by atomic mass is 35.5. The first-order chi connectivity index (χ1) is 11.0. The fourth-order valence-corrected chi connectivity index (χ4v) is 2.83. The summed E-state index contributed by atoms with van der Waals surface area (Å²) in [5, 5.41) is 0.631. The SMILES string of the molecule is CC.CN.Cc1cc(Cl)c2c(c1)CN(CC(C)C)C(C=O)CO2. The van der Waals surface area contributed by atoms with Crippen LogP contribution in [0.3, 0.4) is 0 Å². The minimum absolute atomic E-state index is 0.203. The first kappa shape index (κ1) is 21.9. The summed E-state index contributed by atoms with van der Waals surface area (Å²) in [7, 11) is 1.50. The zero-order valence-corrected chi connectivity index (χ0v) is 16.0. The van der Waals surface area contributed by atoms with Gasteiger partial charge in [-0.1, -0.05) is 45.4 Å². The fourth-order valence-electron chi connectivity index (χ4n) is 2.48. The second kappa shape index (κ2) is 11.4. The molecule has 4 nitrogen and oxygen atoms in total. The molecule has 0 bridgehead atoms. The van der Waals surface area contributed by atoms with Gasteiger partial charge in [0, 0.05) is 18.7 Å². The molecule has 0 radical (unpaired) electrons. The smallest absolute Gasteiger partial charge is 0.142 e. The van der Waals surface area contributed by atoms with Gasteiger partial charge >= 0.3 is 0 Å². The molecule has 0 saturated carbocycles. The first-order valence-corrected chi connectivity index (χ1v) is 8.58. The summed E-state index contributed by atoms with van der Waals surface area (Å²) in [5.41, 5.74) is 6.68. The molecule has 1 aliphatic rings. The highest BCUT2D eigenvalue weighted by Crippen LogP contribution is 2.33. The Labute approximate surface area is 145 Å². The number of rotatable bonds is 3. The molecular weight excluding hydrogens is 312 g/mol. The molecule has 5 heteroatoms. The molecule has 2 rings (SSSR count). The molecule has 132 valence electrons. The first-order valence-electron chi connectivity index (χ1n) is 8.20. The molecule has 0 aliphatic carbocycles. The monoisotopic (exact) mass is 342 g/mol. The summed E-state index contributed by atoms with van der Waals surface area (Å²) in [5.74, 6) is 1.23. The number of carbonyl (C=O) groups excluding carboxylic acids is 1. The van der Waals surface area contributed by atoms with Crippen LogP contribution in [0.4, 0.5) is 0 Å². The number of benzene rings is 1. The van der Waals surface area contributed by atoms with Crippen LogP contribution in [0.5, 0.6) is 5.75 Å². The molecule has 0 aromatic heterocycles. The van der Waals surface area contributed by atoms with Gasteiger partial charge in [0.05, 0.1) is 5.02 Å². The lowest BCUT2D eigenvalue weighted by atomic mass is 10.1. The van der Waals surface area contributed by atoms with E-state index in [4.69, 9.17) is 16.3 Å². The Morgan fingerprint density at radius 2 is 2.00 bits per heavy atom. The number of carbonyl (C=O) groups is 1. The number of halogens is 1. The number of aldehydes is 1. The van der Waals surface area contributed by atoms with Crippen LogP contribution >= 0.6 is 11.6 Å². The summed E-state index contributed by atoms with van der Waals surface area (Å²) in [6.07, 6.45) is 0.967. The molecule has 1 unspecified atom stereocenters. The number of ether oxygens (including phenoxy) is 1. The van der Waals surface area contributed by atoms with E-state index in [-0.39, 0.29) is 6.04 Å². The molecule has 0 spiro atoms. The maximum Gasteiger partial charge on any atom is 0.142 e. The molecule has 0 fully saturated rings. The Kier molecular flexibility index (Phi) is 10.9. The van der Waals surface area contributed by atoms with Crippen LogP contribution in [-0.2, 0) is 11.3 Å². The van der Waals surface area contributed by atoms with Crippen LogP contribution in [0.25, 0.3) is 0 Å². The van der Waals surface area contributed by atoms with E-state index in [1.807, 2.05) is 26.8 Å². The molecular formula is C18H31ClN2O2. The number of nitrogens with zero attached hydrogens (tertiary/aromatic N) is 1. The quantitative estimate of drug-likeness (QED) is 0.851. The average Bonchev–Trinajstić information content (AvgIpc) is 2.69. The molecule has 2 N–H and O–H groups in total. The lowest BCUT2D eigenvalue weighted by Gasteiger charge is -2.26. The molecule has 1 atom stereocenters. The standard InChI is InChI=1S/C15H20ClNO2.C2H6.CH5N/c1-10(2)6-17-7-12-4-11(3)5-14(16)15(12)19-9-13(17)8-18;2*1-2/h4-5,8,10,13H,6-7,9H2,1-3H3;1-2H3;2H2,1H3. The molecule has 1 aliphatic heterocycles. The van der Waals surface area contributed by atoms with E-state index in [9.17, 15) is 4.79 Å². The third-order valence-electron chi connectivity index (χ3n) is 3.26. The van der Waals surface area contributed by atoms with Crippen LogP contribution in [0.15, 0.2) is 12.1 Å². The maximum atomic E-state index is 11.3. The summed E-state index contributed by atoms with van der Waals surface area (Å²) >= 11 is 6.23. The van der Waals surface area contributed by atoms with E-state index in [2.05, 4.69) is 30.5 Å². The summed E-state index contributed by atoms with van der Waals surface area (Å²) < 4.78 is 5.74. The van der Waals surface area contributed by atoms with Crippen LogP contribution in [-0.4, -0.2) is 37.4 Å². The van der Waals surface area contributed by atoms with Gasteiger partial charge in [0.1, 0.15) is 24.7 Å². The summed E-state index contributed by atoms with van der Waals surface area (Å²) in [6.45, 7) is 12.3. The third-order valence-corrected chi connectivity index (χ3v) is 3.54. The van der Waals surface area contributed by atoms with E-state index in [0.717, 1.165) is 29.7 Å². The van der Waals surface area contributed by atoms with Crippen molar-refractivity contribution in [2.24, 2.45) is 11.7 Å². The highest BCUT2D eigenvalue weighted by molar-refractivity contribution is 6.32. The minimum atomic E-state index is -0.203. The van der Waals surface area contributed by atoms with Crippen LogP contribution in [0, 0.1) is 12.8 Å². The molecule has 1 aromatic rings. The van der Waals surface area contributed by atoms with Crippen molar-refractivity contribution < 1.29 is 9.53 Å². The van der Waals surface area contributed by atoms with Crippen LogP contribution in [0.1, 0.15) is 38.8 Å². The predicted molar refractivity (Wildman–Crippen MR) is 98.2 cm³/mol. The molecule has 23 heavy (non-hydrogen) atoms. The Balaban J connectivity index is 0.00000112. The van der Waals surface area contributed by atoms with E-state index in [1.54, 1.807) is 0 Å². The number of aryl methyl sites for hydroxylation is 1. The second-order valence-electron chi connectivity index (χ2n) is 5.57. The lowest BCUT2D eigenvalue weighted by Crippen LogP contribution is -2.40. The third kappa shape index (κ3) is 6.50. The molecule has 0 amide bonds. The predicted octanol–water partition coefficient (Wildman–Crippen LogP) is 3.67. The summed E-state index contributed by atoms with van der Waals surface area (Å²) in [4.78, 5) is 13.4. The van der Waals surface area contributed by atoms with Crippen molar-refractivity contribution in [2.75, 3.05) is 20.2 Å². The van der Waals surface area contributed by atoms with E-state index >= 15 is 0 Å². The second-order valence-corrected chi connectivity index (χ2v) is 5.98. The molecule has 1 aromatic carbocycles. The van der Waals surface area contributed by atoms with Crippen molar-refractivity contribution in [1.29, 1.82) is 0 Å². The maximum absolute atomic E-state index is 11.3. The number of hydrogen-bond donors (Lipinski definition) is 1. The van der Waals surface area contributed by atoms with Crippen molar-refractivity contribution in [3.63, 3.8) is 0 Å². The Hall–Kier alpha value is -1.10. The van der Waals surface area contributed by atoms with E-state index < -0.39 is 0 Å². The Bertz CT molecular complexity index is 478. The topological polar surface area (TPSA) is 55.6 Å². The normalized spacial score (nSPS) is 16.8. The van der Waals surface area contributed by atoms with Crippen LogP contribution in [0.2, 0.25) is 5.02 Å². The van der Waals surface area contributed by atoms with Crippen molar-refractivity contribution in [2.45, 2.75) is 47.2 Å². The number of hydrogen-bond acceptors (Lipinski definition) is 4. The Morgan fingerprint density at radius 1 is 1.39 bits per heavy atom. The average molecular weight is 343 g/mol. The lowest BCUT2D eigenvalue weighted by molar-refractivity contribution is -0.113. The van der Waals surface area contributed by atoms with Gasteiger partial charge in [0.15, 0.2) is 0 Å². The fraction of sp³-hybridized carbons (Fsp3) is 0.611. The van der Waals surface area contributed by atoms with Crippen molar-refractivity contribution in [3.05, 3.63) is 28.3 Å². The van der Waals surface area contributed by atoms with Gasteiger partial charge in [0.2, 0.25) is 0 Å². The van der Waals surface area contributed by atoms with Gasteiger partial charge in [-0.2, -0.15) is 0 Å². The highest BCUT2D eigenvalue weighted by Gasteiger charge is 2.26. The minimum Gasteiger partial charge on any atom is -0.490 e. The zero-order valence-electron chi connectivity index (χ0n) is 15.2. The van der Waals surface area contributed by atoms with Crippen molar-refractivity contribution >= 4 is 17.9 Å². The van der Waals surface area contributed by atoms with E-state index in [0.29, 0.717) is 24.1 Å². The molecule has 1 heterocycles. The Morgan fingerprint density at radius 3 is 2.52 bits per heavy atom. The molecule has 0 saturated heterocycles. The van der Waals surface area contributed by atoms with Gasteiger partial charge in [-0.25, -0.2) is 0 Å². The van der Waals surface area contributed by atoms with Crippen LogP contribution < -0.4 is 10.5 Å². The van der Waals surface area contributed by atoms with Gasteiger partial charge in [-0.05, 0) is 31.5 Å². The van der Waals surface area contributed by atoms with Gasteiger partial charge in [-0.3, -0.25) is 4.90 Å². The van der Waals surface area contributed by atoms with Gasteiger partial charge in [-0.15, -0.1) is 0 Å². The number of nitrogens with two attached hydrogens (primary N) is 1. The van der Waals surface area contributed by atoms with Gasteiger partial charge < -0.3 is 15.3 Å². The number of fused-ring (bicyclic) bond motifs is 1. The zero-order chi connectivity index (χ0) is 18.0. The van der Waals surface area contributed by atoms with Gasteiger partial charge in [0.25, 0.3) is 0 Å². The summed E-state index contributed by atoms with van der Waals surface area (Å²) in [6, 6.07) is 3.78.